The van der Waals surface area contributed by atoms with Gasteiger partial charge in [0, 0.05) is 32.2 Å². The van der Waals surface area contributed by atoms with Gasteiger partial charge >= 0.3 is 12.1 Å². The van der Waals surface area contributed by atoms with E-state index >= 15 is 0 Å². The van der Waals surface area contributed by atoms with Crippen LogP contribution in [0.2, 0.25) is 0 Å². The van der Waals surface area contributed by atoms with E-state index in [-0.39, 0.29) is 18.1 Å². The highest BCUT2D eigenvalue weighted by Crippen LogP contribution is 2.00. The summed E-state index contributed by atoms with van der Waals surface area (Å²) in [5.41, 5.74) is 0. The lowest BCUT2D eigenvalue weighted by Gasteiger charge is -2.26. The van der Waals surface area contributed by atoms with E-state index in [1.54, 1.807) is 4.90 Å². The molecular weight excluding hydrogens is 284 g/mol. The minimum atomic E-state index is -0.104. The molecule has 1 fully saturated rings. The van der Waals surface area contributed by atoms with Gasteiger partial charge in [-0.15, -0.1) is 0 Å². The monoisotopic (exact) mass is 314 g/mol. The predicted octanol–water partition coefficient (Wildman–Crippen LogP) is 1.30. The first-order valence-corrected chi connectivity index (χ1v) is 8.24. The number of morpholine rings is 1. The highest BCUT2D eigenvalue weighted by atomic mass is 16.5. The summed E-state index contributed by atoms with van der Waals surface area (Å²) in [4.78, 5) is 24.9. The van der Waals surface area contributed by atoms with Crippen LogP contribution in [0.1, 0.15) is 39.5 Å². The zero-order valence-electron chi connectivity index (χ0n) is 13.8. The molecule has 0 bridgehead atoms. The third-order valence-electron chi connectivity index (χ3n) is 3.38. The van der Waals surface area contributed by atoms with Crippen LogP contribution in [0.3, 0.4) is 0 Å². The van der Waals surface area contributed by atoms with E-state index in [1.807, 2.05) is 13.8 Å². The average molecular weight is 314 g/mol. The molecule has 0 aromatic rings. The largest absolute Gasteiger partial charge is 0.378 e. The van der Waals surface area contributed by atoms with Crippen LogP contribution < -0.4 is 16.0 Å². The van der Waals surface area contributed by atoms with Gasteiger partial charge in [0.05, 0.1) is 13.2 Å². The molecule has 0 saturated carbocycles. The molecule has 7 heteroatoms. The van der Waals surface area contributed by atoms with Crippen molar-refractivity contribution in [3.63, 3.8) is 0 Å². The van der Waals surface area contributed by atoms with E-state index in [2.05, 4.69) is 16.0 Å². The van der Waals surface area contributed by atoms with Crippen molar-refractivity contribution < 1.29 is 14.3 Å². The molecule has 1 aliphatic rings. The fourth-order valence-corrected chi connectivity index (χ4v) is 2.19. The number of amides is 4. The smallest absolute Gasteiger partial charge is 0.317 e. The van der Waals surface area contributed by atoms with E-state index in [0.29, 0.717) is 39.4 Å². The minimum absolute atomic E-state index is 0.00956. The molecule has 1 aliphatic heterocycles. The standard InChI is InChI=1S/C15H30N4O3/c1-13(2)18-14(20)16-7-5-3-4-6-8-17-15(21)19-9-11-22-12-10-19/h13H,3-12H2,1-2H3,(H,17,21)(H2,16,18,20). The molecule has 0 aromatic carbocycles. The maximum absolute atomic E-state index is 11.8. The second-order valence-electron chi connectivity index (χ2n) is 5.80. The minimum Gasteiger partial charge on any atom is -0.378 e. The summed E-state index contributed by atoms with van der Waals surface area (Å²) in [6.45, 7) is 7.88. The lowest BCUT2D eigenvalue weighted by Crippen LogP contribution is -2.46. The van der Waals surface area contributed by atoms with E-state index < -0.39 is 0 Å². The van der Waals surface area contributed by atoms with Gasteiger partial charge in [0.15, 0.2) is 0 Å². The van der Waals surface area contributed by atoms with Crippen molar-refractivity contribution in [2.24, 2.45) is 0 Å². The third-order valence-corrected chi connectivity index (χ3v) is 3.38. The van der Waals surface area contributed by atoms with E-state index in [9.17, 15) is 9.59 Å². The zero-order valence-corrected chi connectivity index (χ0v) is 13.8. The normalized spacial score (nSPS) is 14.8. The lowest BCUT2D eigenvalue weighted by molar-refractivity contribution is 0.0532. The zero-order chi connectivity index (χ0) is 16.2. The van der Waals surface area contributed by atoms with Gasteiger partial charge in [0.1, 0.15) is 0 Å². The van der Waals surface area contributed by atoms with Crippen molar-refractivity contribution in [3.8, 4) is 0 Å². The van der Waals surface area contributed by atoms with E-state index in [0.717, 1.165) is 25.7 Å². The molecule has 0 spiro atoms. The van der Waals surface area contributed by atoms with Crippen molar-refractivity contribution in [3.05, 3.63) is 0 Å². The summed E-state index contributed by atoms with van der Waals surface area (Å²) in [6, 6.07) is 0.0678. The van der Waals surface area contributed by atoms with Crippen LogP contribution in [-0.2, 0) is 4.74 Å². The Labute approximate surface area is 133 Å². The molecule has 4 amide bonds. The summed E-state index contributed by atoms with van der Waals surface area (Å²) in [6.07, 6.45) is 4.03. The molecule has 3 N–H and O–H groups in total. The molecule has 1 saturated heterocycles. The van der Waals surface area contributed by atoms with Crippen LogP contribution >= 0.6 is 0 Å². The molecule has 0 unspecified atom stereocenters. The summed E-state index contributed by atoms with van der Waals surface area (Å²) in [5, 5.41) is 8.55. The van der Waals surface area contributed by atoms with Gasteiger partial charge in [-0.3, -0.25) is 0 Å². The lowest BCUT2D eigenvalue weighted by atomic mass is 10.2. The molecule has 22 heavy (non-hydrogen) atoms. The third kappa shape index (κ3) is 8.71. The Balaban J connectivity index is 1.89. The maximum Gasteiger partial charge on any atom is 0.317 e. The maximum atomic E-state index is 11.8. The fourth-order valence-electron chi connectivity index (χ4n) is 2.19. The van der Waals surface area contributed by atoms with E-state index in [4.69, 9.17) is 4.74 Å². The van der Waals surface area contributed by atoms with Crippen molar-refractivity contribution >= 4 is 12.1 Å². The Morgan fingerprint density at radius 1 is 1.00 bits per heavy atom. The van der Waals surface area contributed by atoms with Gasteiger partial charge in [0.25, 0.3) is 0 Å². The van der Waals surface area contributed by atoms with Crippen molar-refractivity contribution in [2.45, 2.75) is 45.6 Å². The summed E-state index contributed by atoms with van der Waals surface area (Å²) in [5.74, 6) is 0. The molecule has 1 rings (SSSR count). The first-order chi connectivity index (χ1) is 10.6. The second kappa shape index (κ2) is 11.1. The Hall–Kier alpha value is -1.50. The van der Waals surface area contributed by atoms with Crippen LogP contribution in [0.4, 0.5) is 9.59 Å². The molecule has 0 atom stereocenters. The van der Waals surface area contributed by atoms with Crippen LogP contribution in [0.5, 0.6) is 0 Å². The highest BCUT2D eigenvalue weighted by Gasteiger charge is 2.15. The van der Waals surface area contributed by atoms with Crippen molar-refractivity contribution in [2.75, 3.05) is 39.4 Å². The molecule has 0 radical (unpaired) electrons. The molecule has 0 aliphatic carbocycles. The number of carbonyl (C=O) groups excluding carboxylic acids is 2. The number of unbranched alkanes of at least 4 members (excludes halogenated alkanes) is 3. The van der Waals surface area contributed by atoms with Crippen LogP contribution in [-0.4, -0.2) is 62.4 Å². The summed E-state index contributed by atoms with van der Waals surface area (Å²) >= 11 is 0. The quantitative estimate of drug-likeness (QED) is 0.591. The highest BCUT2D eigenvalue weighted by molar-refractivity contribution is 5.74. The molecule has 1 heterocycles. The molecule has 0 aromatic heterocycles. The number of carbonyl (C=O) groups is 2. The average Bonchev–Trinajstić information content (AvgIpc) is 2.49. The van der Waals surface area contributed by atoms with Crippen molar-refractivity contribution in [1.82, 2.24) is 20.9 Å². The van der Waals surface area contributed by atoms with Crippen LogP contribution in [0, 0.1) is 0 Å². The van der Waals surface area contributed by atoms with Crippen LogP contribution in [0.25, 0.3) is 0 Å². The van der Waals surface area contributed by atoms with E-state index in [1.165, 1.54) is 0 Å². The predicted molar refractivity (Wildman–Crippen MR) is 85.9 cm³/mol. The Morgan fingerprint density at radius 2 is 1.59 bits per heavy atom. The van der Waals surface area contributed by atoms with Gasteiger partial charge < -0.3 is 25.6 Å². The van der Waals surface area contributed by atoms with Gasteiger partial charge in [0.2, 0.25) is 0 Å². The number of nitrogens with zero attached hydrogens (tertiary/aromatic N) is 1. The van der Waals surface area contributed by atoms with Gasteiger partial charge in [-0.1, -0.05) is 12.8 Å². The summed E-state index contributed by atoms with van der Waals surface area (Å²) < 4.78 is 5.21. The topological polar surface area (TPSA) is 82.7 Å². The number of nitrogens with one attached hydrogen (secondary N) is 3. The molecule has 7 nitrogen and oxygen atoms in total. The SMILES string of the molecule is CC(C)NC(=O)NCCCCCCNC(=O)N1CCOCC1. The molecule has 128 valence electrons. The Bertz CT molecular complexity index is 331. The first-order valence-electron chi connectivity index (χ1n) is 8.24. The summed E-state index contributed by atoms with van der Waals surface area (Å²) in [7, 11) is 0. The number of hydrogen-bond acceptors (Lipinski definition) is 3. The Morgan fingerprint density at radius 3 is 2.18 bits per heavy atom. The van der Waals surface area contributed by atoms with Gasteiger partial charge in [-0.2, -0.15) is 0 Å². The fraction of sp³-hybridized carbons (Fsp3) is 0.867. The number of hydrogen-bond donors (Lipinski definition) is 3. The number of urea groups is 2. The molecular formula is C15H30N4O3. The van der Waals surface area contributed by atoms with Gasteiger partial charge in [-0.05, 0) is 26.7 Å². The van der Waals surface area contributed by atoms with Gasteiger partial charge in [-0.25, -0.2) is 9.59 Å². The second-order valence-corrected chi connectivity index (χ2v) is 5.80. The first kappa shape index (κ1) is 18.5. The Kier molecular flexibility index (Phi) is 9.37. The number of rotatable bonds is 8. The number of ether oxygens (including phenoxy) is 1. The van der Waals surface area contributed by atoms with Crippen molar-refractivity contribution in [1.29, 1.82) is 0 Å². The van der Waals surface area contributed by atoms with Crippen LogP contribution in [0.15, 0.2) is 0 Å².